The molecule has 0 fully saturated rings. The van der Waals surface area contributed by atoms with Crippen LogP contribution in [0.3, 0.4) is 0 Å². The van der Waals surface area contributed by atoms with Crippen LogP contribution in [0.2, 0.25) is 0 Å². The van der Waals surface area contributed by atoms with E-state index >= 15 is 0 Å². The summed E-state index contributed by atoms with van der Waals surface area (Å²) in [5.41, 5.74) is 2.76. The summed E-state index contributed by atoms with van der Waals surface area (Å²) in [5, 5.41) is 3.38. The maximum Gasteiger partial charge on any atom is 0.0999 e. The Kier molecular flexibility index (Phi) is 9.88. The van der Waals surface area contributed by atoms with Crippen LogP contribution in [-0.2, 0) is 0 Å². The molecule has 0 bridgehead atoms. The fourth-order valence-corrected chi connectivity index (χ4v) is 4.28. The monoisotopic (exact) mass is 357 g/mol. The summed E-state index contributed by atoms with van der Waals surface area (Å²) in [6.07, 6.45) is 17.2. The molecule has 0 aliphatic heterocycles. The molecule has 0 radical (unpaired) electrons. The Hall–Kier alpha value is -1.15. The van der Waals surface area contributed by atoms with Crippen molar-refractivity contribution in [1.82, 2.24) is 4.98 Å². The van der Waals surface area contributed by atoms with Crippen molar-refractivity contribution < 1.29 is 0 Å². The molecule has 138 valence electrons. The van der Waals surface area contributed by atoms with Gasteiger partial charge in [0.2, 0.25) is 0 Å². The lowest BCUT2D eigenvalue weighted by molar-refractivity contribution is 0.540. The number of aryl methyl sites for hydroxylation is 1. The molecule has 1 atom stereocenters. The summed E-state index contributed by atoms with van der Waals surface area (Å²) in [5.74, 6) is 0.481. The van der Waals surface area contributed by atoms with Crippen molar-refractivity contribution in [1.29, 1.82) is 0 Å². The van der Waals surface area contributed by atoms with Crippen molar-refractivity contribution in [2.24, 2.45) is 0 Å². The molecule has 1 unspecified atom stereocenters. The Labute approximate surface area is 158 Å². The van der Waals surface area contributed by atoms with Crippen LogP contribution in [-0.4, -0.2) is 4.98 Å². The van der Waals surface area contributed by atoms with Crippen molar-refractivity contribution in [2.45, 2.75) is 90.4 Å². The highest BCUT2D eigenvalue weighted by atomic mass is 32.1. The van der Waals surface area contributed by atoms with Gasteiger partial charge in [-0.2, -0.15) is 0 Å². The van der Waals surface area contributed by atoms with Crippen LogP contribution in [0.5, 0.6) is 0 Å². The summed E-state index contributed by atoms with van der Waals surface area (Å²) >= 11 is 1.80. The average molecular weight is 358 g/mol. The summed E-state index contributed by atoms with van der Waals surface area (Å²) in [6.45, 7) is 4.44. The number of nitrogens with zero attached hydrogens (tertiary/aromatic N) is 1. The molecule has 1 aromatic carbocycles. The Bertz CT molecular complexity index is 544. The number of thiazole rings is 1. The third-order valence-electron chi connectivity index (χ3n) is 5.08. The van der Waals surface area contributed by atoms with E-state index in [1.54, 1.807) is 11.3 Å². The molecule has 0 saturated heterocycles. The molecule has 25 heavy (non-hydrogen) atoms. The molecule has 1 nitrogen and oxygen atoms in total. The normalized spacial score (nSPS) is 12.4. The zero-order chi connectivity index (χ0) is 17.7. The molecule has 1 aromatic heterocycles. The van der Waals surface area contributed by atoms with Gasteiger partial charge in [0.05, 0.1) is 5.01 Å². The molecule has 0 spiro atoms. The van der Waals surface area contributed by atoms with Crippen LogP contribution >= 0.6 is 11.3 Å². The Morgan fingerprint density at radius 1 is 0.840 bits per heavy atom. The van der Waals surface area contributed by atoms with Gasteiger partial charge in [0.15, 0.2) is 0 Å². The van der Waals surface area contributed by atoms with Gasteiger partial charge in [0, 0.05) is 17.5 Å². The van der Waals surface area contributed by atoms with E-state index in [1.807, 2.05) is 6.20 Å². The zero-order valence-corrected chi connectivity index (χ0v) is 17.0. The second kappa shape index (κ2) is 12.2. The van der Waals surface area contributed by atoms with E-state index in [-0.39, 0.29) is 0 Å². The second-order valence-corrected chi connectivity index (χ2v) is 8.23. The number of unbranched alkanes of at least 4 members (excludes halogenated alkanes) is 9. The first kappa shape index (κ1) is 20.2. The van der Waals surface area contributed by atoms with Gasteiger partial charge in [0.25, 0.3) is 0 Å². The van der Waals surface area contributed by atoms with E-state index in [0.717, 1.165) is 0 Å². The highest BCUT2D eigenvalue weighted by Gasteiger charge is 2.16. The minimum absolute atomic E-state index is 0.481. The van der Waals surface area contributed by atoms with Crippen LogP contribution < -0.4 is 0 Å². The third-order valence-corrected chi connectivity index (χ3v) is 5.96. The number of hydrogen-bond acceptors (Lipinski definition) is 2. The molecule has 2 aromatic rings. The van der Waals surface area contributed by atoms with Crippen molar-refractivity contribution in [3.63, 3.8) is 0 Å². The maximum absolute atomic E-state index is 4.60. The molecule has 0 aliphatic rings. The van der Waals surface area contributed by atoms with Gasteiger partial charge < -0.3 is 0 Å². The van der Waals surface area contributed by atoms with E-state index < -0.39 is 0 Å². The van der Waals surface area contributed by atoms with Crippen LogP contribution in [0.15, 0.2) is 35.8 Å². The number of hydrogen-bond donors (Lipinski definition) is 0. The number of aromatic nitrogens is 1. The summed E-state index contributed by atoms with van der Waals surface area (Å²) in [6, 6.07) is 9.04. The molecule has 1 heterocycles. The van der Waals surface area contributed by atoms with Crippen LogP contribution in [0.1, 0.15) is 99.6 Å². The predicted molar refractivity (Wildman–Crippen MR) is 112 cm³/mol. The highest BCUT2D eigenvalue weighted by molar-refractivity contribution is 7.09. The second-order valence-electron chi connectivity index (χ2n) is 7.30. The Morgan fingerprint density at radius 2 is 1.44 bits per heavy atom. The van der Waals surface area contributed by atoms with Gasteiger partial charge in [-0.05, 0) is 18.9 Å². The third kappa shape index (κ3) is 7.73. The minimum atomic E-state index is 0.481. The lowest BCUT2D eigenvalue weighted by Gasteiger charge is -2.15. The summed E-state index contributed by atoms with van der Waals surface area (Å²) < 4.78 is 0. The van der Waals surface area contributed by atoms with Crippen molar-refractivity contribution in [3.05, 3.63) is 52.0 Å². The largest absolute Gasteiger partial charge is 0.249 e. The number of rotatable bonds is 13. The molecular formula is C23H35NS. The van der Waals surface area contributed by atoms with E-state index in [2.05, 4.69) is 48.5 Å². The van der Waals surface area contributed by atoms with E-state index in [4.69, 9.17) is 0 Å². The molecular weight excluding hydrogens is 322 g/mol. The zero-order valence-electron chi connectivity index (χ0n) is 16.2. The van der Waals surface area contributed by atoms with Gasteiger partial charge in [-0.15, -0.1) is 11.3 Å². The van der Waals surface area contributed by atoms with Gasteiger partial charge in [-0.3, -0.25) is 0 Å². The fraction of sp³-hybridized carbons (Fsp3) is 0.609. The smallest absolute Gasteiger partial charge is 0.0999 e. The van der Waals surface area contributed by atoms with Crippen LogP contribution in [0.4, 0.5) is 0 Å². The minimum Gasteiger partial charge on any atom is -0.249 e. The van der Waals surface area contributed by atoms with E-state index in [1.165, 1.54) is 86.8 Å². The topological polar surface area (TPSA) is 12.9 Å². The first-order chi connectivity index (χ1) is 12.3. The number of benzene rings is 1. The van der Waals surface area contributed by atoms with Gasteiger partial charge >= 0.3 is 0 Å². The molecule has 2 heteroatoms. The van der Waals surface area contributed by atoms with Crippen molar-refractivity contribution >= 4 is 11.3 Å². The van der Waals surface area contributed by atoms with E-state index in [9.17, 15) is 0 Å². The summed E-state index contributed by atoms with van der Waals surface area (Å²) in [4.78, 5) is 4.60. The van der Waals surface area contributed by atoms with Crippen molar-refractivity contribution in [2.75, 3.05) is 0 Å². The first-order valence-corrected chi connectivity index (χ1v) is 11.1. The fourth-order valence-electron chi connectivity index (χ4n) is 3.47. The molecule has 0 amide bonds. The quantitative estimate of drug-likeness (QED) is 0.332. The molecule has 2 rings (SSSR count). The first-order valence-electron chi connectivity index (χ1n) is 10.3. The lowest BCUT2D eigenvalue weighted by atomic mass is 9.92. The standard InChI is InChI=1S/C23H35NS/c1-3-4-5-6-7-8-9-10-11-12-13-22(23-24-18-19-25-23)21-16-14-20(2)15-17-21/h14-19,22H,3-13H2,1-2H3. The van der Waals surface area contributed by atoms with Gasteiger partial charge in [-0.25, -0.2) is 4.98 Å². The van der Waals surface area contributed by atoms with Crippen LogP contribution in [0.25, 0.3) is 0 Å². The van der Waals surface area contributed by atoms with Gasteiger partial charge in [0.1, 0.15) is 0 Å². The lowest BCUT2D eigenvalue weighted by Crippen LogP contribution is -2.01. The van der Waals surface area contributed by atoms with E-state index in [0.29, 0.717) is 5.92 Å². The highest BCUT2D eigenvalue weighted by Crippen LogP contribution is 2.31. The molecule has 0 N–H and O–H groups in total. The average Bonchev–Trinajstić information content (AvgIpc) is 3.15. The molecule has 0 saturated carbocycles. The molecule has 0 aliphatic carbocycles. The van der Waals surface area contributed by atoms with Crippen molar-refractivity contribution in [3.8, 4) is 0 Å². The SMILES string of the molecule is CCCCCCCCCCCCC(c1ccc(C)cc1)c1nccs1. The van der Waals surface area contributed by atoms with Crippen LogP contribution in [0, 0.1) is 6.92 Å². The Balaban J connectivity index is 1.68. The predicted octanol–water partition coefficient (Wildman–Crippen LogP) is 7.89. The maximum atomic E-state index is 4.60. The summed E-state index contributed by atoms with van der Waals surface area (Å²) in [7, 11) is 0. The Morgan fingerprint density at radius 3 is 2.00 bits per heavy atom. The van der Waals surface area contributed by atoms with Gasteiger partial charge in [-0.1, -0.05) is 101 Å².